The second-order valence-electron chi connectivity index (χ2n) is 5.93. The van der Waals surface area contributed by atoms with Gasteiger partial charge in [0, 0.05) is 24.5 Å². The molecule has 0 bridgehead atoms. The number of hydrogen-bond acceptors (Lipinski definition) is 3. The number of carbonyl (C=O) groups is 1. The van der Waals surface area contributed by atoms with Crippen molar-refractivity contribution < 1.29 is 4.79 Å². The summed E-state index contributed by atoms with van der Waals surface area (Å²) in [6.07, 6.45) is 0.339. The molecule has 1 amide bonds. The molecule has 0 N–H and O–H groups in total. The van der Waals surface area contributed by atoms with Crippen LogP contribution in [-0.2, 0) is 17.8 Å². The summed E-state index contributed by atoms with van der Waals surface area (Å²) in [6, 6.07) is 18.3. The zero-order valence-electron chi connectivity index (χ0n) is 13.9. The molecule has 3 nitrogen and oxygen atoms in total. The topological polar surface area (TPSA) is 33.2 Å². The highest BCUT2D eigenvalue weighted by Crippen LogP contribution is 2.24. The average Bonchev–Trinajstić information content (AvgIpc) is 3.04. The summed E-state index contributed by atoms with van der Waals surface area (Å²) >= 11 is 1.59. The molecule has 4 heteroatoms. The van der Waals surface area contributed by atoms with E-state index in [-0.39, 0.29) is 5.91 Å². The summed E-state index contributed by atoms with van der Waals surface area (Å²) in [7, 11) is 1.84. The SMILES string of the molecule is Cc1cccc(-c2nc(CC(=O)N(C)Cc3ccccc3)cs2)c1. The predicted molar refractivity (Wildman–Crippen MR) is 98.9 cm³/mol. The summed E-state index contributed by atoms with van der Waals surface area (Å²) in [6.45, 7) is 2.69. The number of aryl methyl sites for hydroxylation is 1. The number of amides is 1. The number of carbonyl (C=O) groups excluding carboxylic acids is 1. The number of hydrogen-bond donors (Lipinski definition) is 0. The van der Waals surface area contributed by atoms with Crippen molar-refractivity contribution in [1.29, 1.82) is 0 Å². The molecule has 0 aliphatic carbocycles. The maximum Gasteiger partial charge on any atom is 0.228 e. The minimum absolute atomic E-state index is 0.0833. The van der Waals surface area contributed by atoms with Gasteiger partial charge >= 0.3 is 0 Å². The Morgan fingerprint density at radius 1 is 1.12 bits per heavy atom. The van der Waals surface area contributed by atoms with Crippen LogP contribution >= 0.6 is 11.3 Å². The van der Waals surface area contributed by atoms with Gasteiger partial charge in [0.2, 0.25) is 5.91 Å². The monoisotopic (exact) mass is 336 g/mol. The molecular formula is C20H20N2OS. The standard InChI is InChI=1S/C20H20N2OS/c1-15-7-6-10-17(11-15)20-21-18(14-24-20)12-19(23)22(2)13-16-8-4-3-5-9-16/h3-11,14H,12-13H2,1-2H3. The molecule has 24 heavy (non-hydrogen) atoms. The second-order valence-corrected chi connectivity index (χ2v) is 6.78. The van der Waals surface area contributed by atoms with Gasteiger partial charge in [0.1, 0.15) is 5.01 Å². The molecule has 0 saturated heterocycles. The Balaban J connectivity index is 1.65. The van der Waals surface area contributed by atoms with Crippen molar-refractivity contribution in [3.8, 4) is 10.6 Å². The first-order valence-electron chi connectivity index (χ1n) is 7.91. The average molecular weight is 336 g/mol. The van der Waals surface area contributed by atoms with Crippen LogP contribution in [-0.4, -0.2) is 22.8 Å². The fourth-order valence-electron chi connectivity index (χ4n) is 2.53. The molecule has 122 valence electrons. The first-order chi connectivity index (χ1) is 11.6. The van der Waals surface area contributed by atoms with E-state index in [2.05, 4.69) is 30.1 Å². The number of thiazole rings is 1. The molecule has 2 aromatic carbocycles. The number of likely N-dealkylation sites (N-methyl/N-ethyl adjacent to an activating group) is 1. The molecule has 0 fully saturated rings. The highest BCUT2D eigenvalue weighted by atomic mass is 32.1. The Kier molecular flexibility index (Phi) is 5.06. The highest BCUT2D eigenvalue weighted by Gasteiger charge is 2.13. The third-order valence-electron chi connectivity index (χ3n) is 3.84. The minimum atomic E-state index is 0.0833. The van der Waals surface area contributed by atoms with Crippen LogP contribution in [0.3, 0.4) is 0 Å². The lowest BCUT2D eigenvalue weighted by Crippen LogP contribution is -2.27. The van der Waals surface area contributed by atoms with Crippen molar-refractivity contribution >= 4 is 17.2 Å². The molecule has 3 aromatic rings. The quantitative estimate of drug-likeness (QED) is 0.695. The molecule has 0 aliphatic rings. The normalized spacial score (nSPS) is 10.6. The van der Waals surface area contributed by atoms with Crippen molar-refractivity contribution in [2.75, 3.05) is 7.05 Å². The summed E-state index contributed by atoms with van der Waals surface area (Å²) in [4.78, 5) is 18.8. The second kappa shape index (κ2) is 7.41. The Morgan fingerprint density at radius 3 is 2.67 bits per heavy atom. The largest absolute Gasteiger partial charge is 0.341 e. The zero-order valence-corrected chi connectivity index (χ0v) is 14.7. The van der Waals surface area contributed by atoms with Gasteiger partial charge in [-0.3, -0.25) is 4.79 Å². The van der Waals surface area contributed by atoms with Gasteiger partial charge in [-0.1, -0.05) is 54.1 Å². The summed E-state index contributed by atoms with van der Waals surface area (Å²) in [5.74, 6) is 0.0833. The maximum atomic E-state index is 12.4. The van der Waals surface area contributed by atoms with E-state index < -0.39 is 0 Å². The van der Waals surface area contributed by atoms with E-state index in [1.807, 2.05) is 48.8 Å². The van der Waals surface area contributed by atoms with Gasteiger partial charge in [-0.05, 0) is 18.6 Å². The summed E-state index contributed by atoms with van der Waals surface area (Å²) < 4.78 is 0. The summed E-state index contributed by atoms with van der Waals surface area (Å²) in [5.41, 5.74) is 4.28. The molecule has 0 aliphatic heterocycles. The highest BCUT2D eigenvalue weighted by molar-refractivity contribution is 7.13. The van der Waals surface area contributed by atoms with Crippen LogP contribution < -0.4 is 0 Å². The lowest BCUT2D eigenvalue weighted by molar-refractivity contribution is -0.129. The molecule has 0 unspecified atom stereocenters. The smallest absolute Gasteiger partial charge is 0.228 e. The lowest BCUT2D eigenvalue weighted by Gasteiger charge is -2.16. The van der Waals surface area contributed by atoms with Gasteiger partial charge in [0.25, 0.3) is 0 Å². The fourth-order valence-corrected chi connectivity index (χ4v) is 3.35. The van der Waals surface area contributed by atoms with Crippen molar-refractivity contribution in [2.24, 2.45) is 0 Å². The Labute approximate surface area is 146 Å². The molecule has 3 rings (SSSR count). The van der Waals surface area contributed by atoms with E-state index in [4.69, 9.17) is 0 Å². The molecular weight excluding hydrogens is 316 g/mol. The number of aromatic nitrogens is 1. The van der Waals surface area contributed by atoms with Crippen LogP contribution in [0.25, 0.3) is 10.6 Å². The molecule has 0 spiro atoms. The van der Waals surface area contributed by atoms with Crippen LogP contribution in [0, 0.1) is 6.92 Å². The van der Waals surface area contributed by atoms with Crippen LogP contribution in [0.5, 0.6) is 0 Å². The first-order valence-corrected chi connectivity index (χ1v) is 8.79. The molecule has 1 aromatic heterocycles. The van der Waals surface area contributed by atoms with Gasteiger partial charge in [0.15, 0.2) is 0 Å². The molecule has 0 radical (unpaired) electrons. The van der Waals surface area contributed by atoms with E-state index in [9.17, 15) is 4.79 Å². The van der Waals surface area contributed by atoms with Crippen molar-refractivity contribution in [2.45, 2.75) is 19.9 Å². The molecule has 1 heterocycles. The van der Waals surface area contributed by atoms with Gasteiger partial charge in [0.05, 0.1) is 12.1 Å². The Morgan fingerprint density at radius 2 is 1.92 bits per heavy atom. The van der Waals surface area contributed by atoms with E-state index in [1.54, 1.807) is 16.2 Å². The van der Waals surface area contributed by atoms with E-state index in [0.717, 1.165) is 21.8 Å². The van der Waals surface area contributed by atoms with Crippen LogP contribution in [0.2, 0.25) is 0 Å². The van der Waals surface area contributed by atoms with Gasteiger partial charge < -0.3 is 4.90 Å². The number of rotatable bonds is 5. The maximum absolute atomic E-state index is 12.4. The Hall–Kier alpha value is -2.46. The van der Waals surface area contributed by atoms with Crippen LogP contribution in [0.15, 0.2) is 60.0 Å². The molecule has 0 saturated carbocycles. The predicted octanol–water partition coefficient (Wildman–Crippen LogP) is 4.32. The van der Waals surface area contributed by atoms with Gasteiger partial charge in [-0.25, -0.2) is 4.98 Å². The lowest BCUT2D eigenvalue weighted by atomic mass is 10.1. The fraction of sp³-hybridized carbons (Fsp3) is 0.200. The van der Waals surface area contributed by atoms with Gasteiger partial charge in [-0.15, -0.1) is 11.3 Å². The minimum Gasteiger partial charge on any atom is -0.341 e. The summed E-state index contributed by atoms with van der Waals surface area (Å²) in [5, 5.41) is 2.94. The van der Waals surface area contributed by atoms with Crippen molar-refractivity contribution in [3.63, 3.8) is 0 Å². The van der Waals surface area contributed by atoms with Crippen LogP contribution in [0.1, 0.15) is 16.8 Å². The van der Waals surface area contributed by atoms with E-state index in [0.29, 0.717) is 13.0 Å². The van der Waals surface area contributed by atoms with E-state index >= 15 is 0 Å². The molecule has 0 atom stereocenters. The van der Waals surface area contributed by atoms with Crippen LogP contribution in [0.4, 0.5) is 0 Å². The van der Waals surface area contributed by atoms with Gasteiger partial charge in [-0.2, -0.15) is 0 Å². The number of nitrogens with zero attached hydrogens (tertiary/aromatic N) is 2. The van der Waals surface area contributed by atoms with Crippen molar-refractivity contribution in [1.82, 2.24) is 9.88 Å². The third-order valence-corrected chi connectivity index (χ3v) is 4.78. The number of benzene rings is 2. The zero-order chi connectivity index (χ0) is 16.9. The van der Waals surface area contributed by atoms with E-state index in [1.165, 1.54) is 5.56 Å². The Bertz CT molecular complexity index is 826. The van der Waals surface area contributed by atoms with Crippen molar-refractivity contribution in [3.05, 3.63) is 76.8 Å². The third kappa shape index (κ3) is 4.09. The first kappa shape index (κ1) is 16.4.